The van der Waals surface area contributed by atoms with Crippen molar-refractivity contribution >= 4 is 26.7 Å². The summed E-state index contributed by atoms with van der Waals surface area (Å²) in [5, 5.41) is 4.18. The molecule has 3 aromatic rings. The van der Waals surface area contributed by atoms with Gasteiger partial charge in [0.15, 0.2) is 5.13 Å². The summed E-state index contributed by atoms with van der Waals surface area (Å²) in [5.41, 5.74) is 0.979. The van der Waals surface area contributed by atoms with Crippen molar-refractivity contribution in [3.63, 3.8) is 0 Å². The third kappa shape index (κ3) is 3.44. The van der Waals surface area contributed by atoms with Crippen molar-refractivity contribution in [1.82, 2.24) is 4.98 Å². The molecule has 0 saturated carbocycles. The summed E-state index contributed by atoms with van der Waals surface area (Å²) in [6, 6.07) is 15.7. The summed E-state index contributed by atoms with van der Waals surface area (Å²) in [7, 11) is 1.67. The molecule has 0 spiro atoms. The molecule has 0 bridgehead atoms. The van der Waals surface area contributed by atoms with E-state index in [1.165, 1.54) is 0 Å². The van der Waals surface area contributed by atoms with Gasteiger partial charge in [-0.2, -0.15) is 0 Å². The number of hydrogen-bond acceptors (Lipinski definition) is 5. The molecule has 0 saturated heterocycles. The third-order valence-corrected chi connectivity index (χ3v) is 3.96. The number of fused-ring (bicyclic) bond motifs is 1. The standard InChI is InChI=1S/C16H16N2O2S/c1-19-13-7-8-14-15(11-13)21-16(18-14)17-9-10-20-12-5-3-2-4-6-12/h2-8,11H,9-10H2,1H3,(H,17,18). The second kappa shape index (κ2) is 6.45. The van der Waals surface area contributed by atoms with Gasteiger partial charge in [0, 0.05) is 0 Å². The highest BCUT2D eigenvalue weighted by atomic mass is 32.1. The second-order valence-corrected chi connectivity index (χ2v) is 5.47. The molecule has 0 fully saturated rings. The first-order valence-corrected chi connectivity index (χ1v) is 7.53. The zero-order chi connectivity index (χ0) is 14.5. The van der Waals surface area contributed by atoms with Crippen LogP contribution in [0.2, 0.25) is 0 Å². The number of para-hydroxylation sites is 1. The van der Waals surface area contributed by atoms with Crippen molar-refractivity contribution in [3.8, 4) is 11.5 Å². The molecule has 1 aromatic heterocycles. The molecule has 1 heterocycles. The van der Waals surface area contributed by atoms with Crippen LogP contribution in [-0.2, 0) is 0 Å². The molecule has 0 radical (unpaired) electrons. The Hall–Kier alpha value is -2.27. The Morgan fingerprint density at radius 3 is 2.76 bits per heavy atom. The number of hydrogen-bond donors (Lipinski definition) is 1. The van der Waals surface area contributed by atoms with E-state index in [4.69, 9.17) is 9.47 Å². The van der Waals surface area contributed by atoms with Crippen LogP contribution in [-0.4, -0.2) is 25.2 Å². The fourth-order valence-electron chi connectivity index (χ4n) is 1.95. The number of benzene rings is 2. The van der Waals surface area contributed by atoms with Crippen LogP contribution in [0, 0.1) is 0 Å². The van der Waals surface area contributed by atoms with E-state index in [1.807, 2.05) is 48.5 Å². The maximum absolute atomic E-state index is 5.63. The maximum atomic E-state index is 5.63. The predicted molar refractivity (Wildman–Crippen MR) is 86.6 cm³/mol. The molecule has 21 heavy (non-hydrogen) atoms. The van der Waals surface area contributed by atoms with Crippen LogP contribution in [0.1, 0.15) is 0 Å². The van der Waals surface area contributed by atoms with Crippen molar-refractivity contribution in [2.75, 3.05) is 25.6 Å². The van der Waals surface area contributed by atoms with E-state index in [-0.39, 0.29) is 0 Å². The van der Waals surface area contributed by atoms with Gasteiger partial charge in [0.25, 0.3) is 0 Å². The van der Waals surface area contributed by atoms with E-state index in [0.717, 1.165) is 26.8 Å². The predicted octanol–water partition coefficient (Wildman–Crippen LogP) is 3.80. The summed E-state index contributed by atoms with van der Waals surface area (Å²) in [6.45, 7) is 1.31. The van der Waals surface area contributed by atoms with Crippen molar-refractivity contribution in [1.29, 1.82) is 0 Å². The van der Waals surface area contributed by atoms with Crippen LogP contribution in [0.5, 0.6) is 11.5 Å². The zero-order valence-electron chi connectivity index (χ0n) is 11.7. The van der Waals surface area contributed by atoms with Gasteiger partial charge in [-0.25, -0.2) is 4.98 Å². The van der Waals surface area contributed by atoms with Gasteiger partial charge in [-0.1, -0.05) is 29.5 Å². The van der Waals surface area contributed by atoms with Crippen LogP contribution < -0.4 is 14.8 Å². The molecule has 1 N–H and O–H groups in total. The molecule has 0 aliphatic rings. The Kier molecular flexibility index (Phi) is 4.21. The SMILES string of the molecule is COc1ccc2nc(NCCOc3ccccc3)sc2c1. The number of methoxy groups -OCH3 is 1. The topological polar surface area (TPSA) is 43.4 Å². The second-order valence-electron chi connectivity index (χ2n) is 4.44. The number of thiazole rings is 1. The van der Waals surface area contributed by atoms with E-state index in [0.29, 0.717) is 13.2 Å². The summed E-state index contributed by atoms with van der Waals surface area (Å²) >= 11 is 1.62. The quantitative estimate of drug-likeness (QED) is 0.703. The summed E-state index contributed by atoms with van der Waals surface area (Å²) in [5.74, 6) is 1.73. The largest absolute Gasteiger partial charge is 0.497 e. The third-order valence-electron chi connectivity index (χ3n) is 2.99. The summed E-state index contributed by atoms with van der Waals surface area (Å²) in [4.78, 5) is 4.53. The summed E-state index contributed by atoms with van der Waals surface area (Å²) < 4.78 is 12.0. The van der Waals surface area contributed by atoms with Crippen molar-refractivity contribution in [3.05, 3.63) is 48.5 Å². The van der Waals surface area contributed by atoms with Crippen LogP contribution in [0.4, 0.5) is 5.13 Å². The molecule has 0 aliphatic heterocycles. The van der Waals surface area contributed by atoms with E-state index < -0.39 is 0 Å². The number of ether oxygens (including phenoxy) is 2. The molecule has 0 aliphatic carbocycles. The first-order valence-electron chi connectivity index (χ1n) is 6.71. The molecular weight excluding hydrogens is 284 g/mol. The van der Waals surface area contributed by atoms with Gasteiger partial charge >= 0.3 is 0 Å². The Morgan fingerprint density at radius 2 is 1.95 bits per heavy atom. The number of nitrogens with zero attached hydrogens (tertiary/aromatic N) is 1. The van der Waals surface area contributed by atoms with Crippen LogP contribution in [0.25, 0.3) is 10.2 Å². The van der Waals surface area contributed by atoms with Crippen LogP contribution >= 0.6 is 11.3 Å². The van der Waals surface area contributed by atoms with E-state index in [1.54, 1.807) is 18.4 Å². The first-order chi connectivity index (χ1) is 10.3. The minimum Gasteiger partial charge on any atom is -0.497 e. The molecule has 0 amide bonds. The summed E-state index contributed by atoms with van der Waals surface area (Å²) in [6.07, 6.45) is 0. The molecule has 0 atom stereocenters. The van der Waals surface area contributed by atoms with Gasteiger partial charge in [-0.3, -0.25) is 0 Å². The van der Waals surface area contributed by atoms with Crippen molar-refractivity contribution < 1.29 is 9.47 Å². The number of rotatable bonds is 6. The van der Waals surface area contributed by atoms with Gasteiger partial charge in [0.05, 0.1) is 23.9 Å². The Morgan fingerprint density at radius 1 is 1.10 bits per heavy atom. The van der Waals surface area contributed by atoms with Gasteiger partial charge in [0.2, 0.25) is 0 Å². The fraction of sp³-hybridized carbons (Fsp3) is 0.188. The van der Waals surface area contributed by atoms with E-state index in [9.17, 15) is 0 Å². The Bertz CT molecular complexity index is 713. The minimum absolute atomic E-state index is 0.600. The van der Waals surface area contributed by atoms with Gasteiger partial charge in [-0.15, -0.1) is 0 Å². The Balaban J connectivity index is 1.55. The molecule has 2 aromatic carbocycles. The lowest BCUT2D eigenvalue weighted by Gasteiger charge is -2.05. The molecular formula is C16H16N2O2S. The Labute approximate surface area is 127 Å². The number of aromatic nitrogens is 1. The lowest BCUT2D eigenvalue weighted by molar-refractivity contribution is 0.333. The highest BCUT2D eigenvalue weighted by Gasteiger charge is 2.04. The lowest BCUT2D eigenvalue weighted by atomic mass is 10.3. The smallest absolute Gasteiger partial charge is 0.183 e. The van der Waals surface area contributed by atoms with Crippen molar-refractivity contribution in [2.24, 2.45) is 0 Å². The van der Waals surface area contributed by atoms with Gasteiger partial charge in [-0.05, 0) is 30.3 Å². The normalized spacial score (nSPS) is 10.5. The average Bonchev–Trinajstić information content (AvgIpc) is 2.94. The molecule has 0 unspecified atom stereocenters. The zero-order valence-corrected chi connectivity index (χ0v) is 12.5. The number of anilines is 1. The highest BCUT2D eigenvalue weighted by Crippen LogP contribution is 2.28. The van der Waals surface area contributed by atoms with E-state index in [2.05, 4.69) is 10.3 Å². The molecule has 108 valence electrons. The molecule has 4 nitrogen and oxygen atoms in total. The highest BCUT2D eigenvalue weighted by molar-refractivity contribution is 7.22. The van der Waals surface area contributed by atoms with E-state index >= 15 is 0 Å². The van der Waals surface area contributed by atoms with Crippen molar-refractivity contribution in [2.45, 2.75) is 0 Å². The first kappa shape index (κ1) is 13.7. The number of nitrogens with one attached hydrogen (secondary N) is 1. The molecule has 5 heteroatoms. The monoisotopic (exact) mass is 300 g/mol. The minimum atomic E-state index is 0.600. The maximum Gasteiger partial charge on any atom is 0.183 e. The van der Waals surface area contributed by atoms with Gasteiger partial charge < -0.3 is 14.8 Å². The fourth-order valence-corrected chi connectivity index (χ4v) is 2.87. The van der Waals surface area contributed by atoms with Crippen LogP contribution in [0.15, 0.2) is 48.5 Å². The lowest BCUT2D eigenvalue weighted by Crippen LogP contribution is -2.11. The van der Waals surface area contributed by atoms with Gasteiger partial charge in [0.1, 0.15) is 18.1 Å². The molecule has 3 rings (SSSR count). The average molecular weight is 300 g/mol. The van der Waals surface area contributed by atoms with Crippen LogP contribution in [0.3, 0.4) is 0 Å².